The Morgan fingerprint density at radius 1 is 0.910 bits per heavy atom. The summed E-state index contributed by atoms with van der Waals surface area (Å²) in [4.78, 5) is 52.1. The number of likely N-dealkylation sites (tertiary alicyclic amines) is 1. The second-order valence-electron chi connectivity index (χ2n) is 19.2. The van der Waals surface area contributed by atoms with E-state index >= 15 is 4.39 Å². The molecule has 0 spiro atoms. The summed E-state index contributed by atoms with van der Waals surface area (Å²) in [5.41, 5.74) is 4.92. The van der Waals surface area contributed by atoms with Crippen LogP contribution in [0, 0.1) is 22.6 Å². The van der Waals surface area contributed by atoms with Crippen molar-refractivity contribution in [2.75, 3.05) is 49.6 Å². The monoisotopic (exact) mass is 910 g/mol. The van der Waals surface area contributed by atoms with Gasteiger partial charge in [-0.3, -0.25) is 24.4 Å². The lowest BCUT2D eigenvalue weighted by Crippen LogP contribution is -2.52. The van der Waals surface area contributed by atoms with Gasteiger partial charge >= 0.3 is 0 Å². The third-order valence-electron chi connectivity index (χ3n) is 15.4. The molecule has 1 saturated carbocycles. The number of carbonyl (C=O) groups excluding carboxylic acids is 3. The predicted molar refractivity (Wildman–Crippen MR) is 249 cm³/mol. The van der Waals surface area contributed by atoms with E-state index in [0.717, 1.165) is 119 Å². The molecule has 0 unspecified atom stereocenters. The number of pyridine rings is 1. The van der Waals surface area contributed by atoms with E-state index in [9.17, 15) is 19.6 Å². The largest absolute Gasteiger partial charge is 0.381 e. The summed E-state index contributed by atoms with van der Waals surface area (Å²) in [7, 11) is 0. The zero-order valence-electron chi connectivity index (χ0n) is 38.1. The van der Waals surface area contributed by atoms with Crippen molar-refractivity contribution in [1.29, 1.82) is 5.26 Å². The number of carbonyl (C=O) groups is 3. The van der Waals surface area contributed by atoms with Crippen molar-refractivity contribution in [2.45, 2.75) is 120 Å². The van der Waals surface area contributed by atoms with Gasteiger partial charge in [0.15, 0.2) is 0 Å². The van der Waals surface area contributed by atoms with Gasteiger partial charge in [0, 0.05) is 74.0 Å². The van der Waals surface area contributed by atoms with Crippen molar-refractivity contribution in [2.24, 2.45) is 5.41 Å². The highest BCUT2D eigenvalue weighted by Gasteiger charge is 2.41. The van der Waals surface area contributed by atoms with Gasteiger partial charge in [-0.1, -0.05) is 13.0 Å². The van der Waals surface area contributed by atoms with Crippen LogP contribution in [0.1, 0.15) is 113 Å². The number of ether oxygens (including phenoxy) is 1. The van der Waals surface area contributed by atoms with Gasteiger partial charge in [0.1, 0.15) is 34.8 Å². The first-order valence-electron chi connectivity index (χ1n) is 24.2. The van der Waals surface area contributed by atoms with E-state index in [1.807, 2.05) is 42.9 Å². The molecule has 4 aromatic heterocycles. The van der Waals surface area contributed by atoms with Crippen LogP contribution in [0.3, 0.4) is 0 Å². The van der Waals surface area contributed by atoms with Crippen molar-refractivity contribution in [1.82, 2.24) is 44.9 Å². The zero-order valence-corrected chi connectivity index (χ0v) is 38.1. The van der Waals surface area contributed by atoms with Gasteiger partial charge in [0.25, 0.3) is 0 Å². The van der Waals surface area contributed by atoms with Crippen LogP contribution in [-0.4, -0.2) is 110 Å². The number of fused-ring (bicyclic) bond motifs is 1. The molecule has 10 rings (SSSR count). The summed E-state index contributed by atoms with van der Waals surface area (Å²) < 4.78 is 24.7. The number of nitrogens with one attached hydrogen (secondary N) is 3. The average Bonchev–Trinajstić information content (AvgIpc) is 4.04. The Kier molecular flexibility index (Phi) is 12.7. The second-order valence-corrected chi connectivity index (χ2v) is 19.2. The third kappa shape index (κ3) is 9.25. The van der Waals surface area contributed by atoms with Crippen molar-refractivity contribution < 1.29 is 23.5 Å². The molecule has 3 N–H and O–H groups in total. The maximum Gasteiger partial charge on any atom is 0.249 e. The number of rotatable bonds is 11. The molecule has 1 aromatic carbocycles. The highest BCUT2D eigenvalue weighted by molar-refractivity contribution is 6.01. The Balaban J connectivity index is 0.753. The van der Waals surface area contributed by atoms with Gasteiger partial charge < -0.3 is 25.2 Å². The number of nitriles is 1. The van der Waals surface area contributed by atoms with Gasteiger partial charge in [-0.05, 0) is 126 Å². The number of benzene rings is 1. The SMILES string of the molecule is CCC1(C(=O)NC2CCOCC2)CCN(c2ccc(-c3nc(-c4cnn(C5CCC(N6CCC(c7ccc(N[C@H]8CCC(=O)NC8=O)cc7F)CC6)CC5)c4)cn4ncc(C#N)c34)cn2)CC1. The molecule has 4 aliphatic heterocycles. The molecular weight excluding hydrogens is 852 g/mol. The Morgan fingerprint density at radius 3 is 2.39 bits per heavy atom. The molecule has 67 heavy (non-hydrogen) atoms. The Hall–Kier alpha value is -6.25. The molecule has 4 saturated heterocycles. The van der Waals surface area contributed by atoms with E-state index < -0.39 is 6.04 Å². The Bertz CT molecular complexity index is 2650. The molecule has 350 valence electrons. The van der Waals surface area contributed by atoms with Gasteiger partial charge in [0.2, 0.25) is 17.7 Å². The lowest BCUT2D eigenvalue weighted by atomic mass is 9.75. The van der Waals surface area contributed by atoms with Crippen molar-refractivity contribution in [3.8, 4) is 28.6 Å². The predicted octanol–water partition coefficient (Wildman–Crippen LogP) is 6.54. The maximum absolute atomic E-state index is 15.4. The van der Waals surface area contributed by atoms with E-state index in [-0.39, 0.29) is 53.4 Å². The molecular formula is C50H59FN12O4. The van der Waals surface area contributed by atoms with Crippen molar-refractivity contribution in [3.63, 3.8) is 0 Å². The van der Waals surface area contributed by atoms with Crippen LogP contribution >= 0.6 is 0 Å². The molecule has 3 amide bonds. The van der Waals surface area contributed by atoms with Gasteiger partial charge in [0.05, 0.1) is 41.4 Å². The maximum atomic E-state index is 15.4. The normalized spacial score (nSPS) is 23.2. The summed E-state index contributed by atoms with van der Waals surface area (Å²) in [5, 5.41) is 28.2. The summed E-state index contributed by atoms with van der Waals surface area (Å²) >= 11 is 0. The molecule has 5 aliphatic rings. The third-order valence-corrected chi connectivity index (χ3v) is 15.4. The zero-order chi connectivity index (χ0) is 46.1. The summed E-state index contributed by atoms with van der Waals surface area (Å²) in [6.45, 7) is 6.83. The first-order valence-corrected chi connectivity index (χ1v) is 24.2. The van der Waals surface area contributed by atoms with E-state index in [0.29, 0.717) is 53.8 Å². The highest BCUT2D eigenvalue weighted by Crippen LogP contribution is 2.39. The minimum atomic E-state index is -0.548. The van der Waals surface area contributed by atoms with E-state index in [2.05, 4.69) is 54.7 Å². The number of anilines is 2. The number of aromatic nitrogens is 6. The van der Waals surface area contributed by atoms with Gasteiger partial charge in [-0.2, -0.15) is 15.5 Å². The number of nitrogens with zero attached hydrogens (tertiary/aromatic N) is 9. The fraction of sp³-hybridized carbons (Fsp3) is 0.520. The quantitative estimate of drug-likeness (QED) is 0.122. The second kappa shape index (κ2) is 19.2. The average molecular weight is 911 g/mol. The minimum Gasteiger partial charge on any atom is -0.381 e. The molecule has 0 radical (unpaired) electrons. The van der Waals surface area contributed by atoms with Crippen LogP contribution in [0.4, 0.5) is 15.9 Å². The van der Waals surface area contributed by atoms with Crippen LogP contribution in [0.2, 0.25) is 0 Å². The fourth-order valence-electron chi connectivity index (χ4n) is 11.1. The fourth-order valence-corrected chi connectivity index (χ4v) is 11.1. The molecule has 1 aliphatic carbocycles. The molecule has 16 nitrogen and oxygen atoms in total. The van der Waals surface area contributed by atoms with Gasteiger partial charge in [-0.15, -0.1) is 0 Å². The first-order chi connectivity index (χ1) is 32.7. The number of piperidine rings is 3. The molecule has 5 fully saturated rings. The number of hydrogen-bond donors (Lipinski definition) is 3. The Morgan fingerprint density at radius 2 is 1.69 bits per heavy atom. The lowest BCUT2D eigenvalue weighted by molar-refractivity contribution is -0.134. The van der Waals surface area contributed by atoms with Gasteiger partial charge in [-0.25, -0.2) is 18.9 Å². The standard InChI is InChI=1S/C50H59FN12O4/c1-2-50(49(66)57-36-15-23-67-24-16-36)17-21-61(22-18-50)44-11-3-33(27-53-44)46-47-34(26-52)28-55-63(47)31-43(58-46)35-29-54-62(30-35)39-7-5-38(6-8-39)60-19-13-32(14-20-60)40-9-4-37(25-41(40)51)56-42-10-12-45(64)59-48(42)65/h3-4,9,11,25,27-32,36,38-39,42,56H,2,5-8,10,12-24H2,1H3,(H,57,66)(H,59,64,65)/t38?,39?,42-/m0/s1. The van der Waals surface area contributed by atoms with Crippen molar-refractivity contribution in [3.05, 3.63) is 78.3 Å². The molecule has 8 heterocycles. The number of hydrogen-bond acceptors (Lipinski definition) is 12. The number of halogens is 1. The minimum absolute atomic E-state index is 0.142. The molecule has 1 atom stereocenters. The summed E-state index contributed by atoms with van der Waals surface area (Å²) in [6, 6.07) is 11.8. The molecule has 0 bridgehead atoms. The van der Waals surface area contributed by atoms with Crippen LogP contribution in [0.25, 0.3) is 28.0 Å². The smallest absolute Gasteiger partial charge is 0.249 e. The van der Waals surface area contributed by atoms with E-state index in [1.165, 1.54) is 6.07 Å². The van der Waals surface area contributed by atoms with Crippen molar-refractivity contribution >= 4 is 34.7 Å². The van der Waals surface area contributed by atoms with E-state index in [4.69, 9.17) is 19.8 Å². The highest BCUT2D eigenvalue weighted by atomic mass is 19.1. The number of amides is 3. The number of imide groups is 1. The molecule has 5 aromatic rings. The van der Waals surface area contributed by atoms with Crippen LogP contribution in [-0.2, 0) is 19.1 Å². The summed E-state index contributed by atoms with van der Waals surface area (Å²) in [6.07, 6.45) is 19.8. The van der Waals surface area contributed by atoms with Crippen LogP contribution < -0.4 is 20.9 Å². The lowest BCUT2D eigenvalue weighted by Gasteiger charge is -2.41. The van der Waals surface area contributed by atoms with Crippen LogP contribution in [0.15, 0.2) is 61.3 Å². The first kappa shape index (κ1) is 44.6. The van der Waals surface area contributed by atoms with Crippen LogP contribution in [0.5, 0.6) is 0 Å². The van der Waals surface area contributed by atoms with E-state index in [1.54, 1.807) is 10.7 Å². The Labute approximate surface area is 389 Å². The summed E-state index contributed by atoms with van der Waals surface area (Å²) in [5.74, 6) is 0.252. The topological polar surface area (TPSA) is 188 Å². The molecule has 17 heteroatoms.